The Kier molecular flexibility index (Phi) is 3.61. The molecule has 2 aliphatic rings. The van der Waals surface area contributed by atoms with E-state index in [9.17, 15) is 13.2 Å². The molecule has 0 radical (unpaired) electrons. The molecule has 2 fully saturated rings. The van der Waals surface area contributed by atoms with Gasteiger partial charge in [0.15, 0.2) is 11.5 Å². The molecule has 0 spiro atoms. The van der Waals surface area contributed by atoms with Crippen molar-refractivity contribution in [2.24, 2.45) is 0 Å². The first-order valence-corrected chi connectivity index (χ1v) is 9.70. The van der Waals surface area contributed by atoms with E-state index < -0.39 is 10.0 Å². The van der Waals surface area contributed by atoms with Crippen LogP contribution in [0.25, 0.3) is 11.2 Å². The molecule has 1 saturated carbocycles. The van der Waals surface area contributed by atoms with Gasteiger partial charge < -0.3 is 9.88 Å². The molecule has 2 aromatic heterocycles. The lowest BCUT2D eigenvalue weighted by molar-refractivity contribution is 0.383. The summed E-state index contributed by atoms with van der Waals surface area (Å²) >= 11 is 0. The molecule has 0 bridgehead atoms. The number of nitrogens with zero attached hydrogens (tertiary/aromatic N) is 5. The van der Waals surface area contributed by atoms with E-state index >= 15 is 0 Å². The van der Waals surface area contributed by atoms with E-state index in [1.54, 1.807) is 8.87 Å². The fourth-order valence-corrected chi connectivity index (χ4v) is 5.04. The zero-order chi connectivity index (χ0) is 16.9. The van der Waals surface area contributed by atoms with Crippen LogP contribution in [0.2, 0.25) is 0 Å². The van der Waals surface area contributed by atoms with Crippen molar-refractivity contribution < 1.29 is 8.42 Å². The first kappa shape index (κ1) is 15.6. The lowest BCUT2D eigenvalue weighted by Crippen LogP contribution is -2.49. The van der Waals surface area contributed by atoms with E-state index in [1.165, 1.54) is 6.33 Å². The van der Waals surface area contributed by atoms with Crippen LogP contribution in [0, 0.1) is 0 Å². The SMILES string of the molecule is CCn1c(=O)[nH]c2c(N3CCN(S(=O)(=O)C4CC4)CC3)ncnc21. The molecule has 2 aromatic rings. The van der Waals surface area contributed by atoms with Crippen LogP contribution in [0.5, 0.6) is 0 Å². The molecular formula is C14H20N6O3S. The highest BCUT2D eigenvalue weighted by atomic mass is 32.2. The minimum atomic E-state index is -3.13. The number of nitrogens with one attached hydrogen (secondary N) is 1. The highest BCUT2D eigenvalue weighted by molar-refractivity contribution is 7.90. The maximum atomic E-state index is 12.3. The summed E-state index contributed by atoms with van der Waals surface area (Å²) in [6.07, 6.45) is 3.01. The predicted octanol–water partition coefficient (Wildman–Crippen LogP) is -0.246. The minimum absolute atomic E-state index is 0.176. The number of H-pyrrole nitrogens is 1. The van der Waals surface area contributed by atoms with E-state index in [0.29, 0.717) is 49.7 Å². The van der Waals surface area contributed by atoms with Crippen LogP contribution in [0.1, 0.15) is 19.8 Å². The van der Waals surface area contributed by atoms with E-state index in [1.807, 2.05) is 11.8 Å². The summed E-state index contributed by atoms with van der Waals surface area (Å²) in [6.45, 7) is 4.42. The van der Waals surface area contributed by atoms with Crippen molar-refractivity contribution in [3.8, 4) is 0 Å². The average molecular weight is 352 g/mol. The molecule has 0 unspecified atom stereocenters. The highest BCUT2D eigenvalue weighted by Gasteiger charge is 2.41. The van der Waals surface area contributed by atoms with E-state index in [-0.39, 0.29) is 10.9 Å². The smallest absolute Gasteiger partial charge is 0.327 e. The second-order valence-electron chi connectivity index (χ2n) is 6.20. The van der Waals surface area contributed by atoms with Gasteiger partial charge in [0.25, 0.3) is 0 Å². The molecule has 0 amide bonds. The van der Waals surface area contributed by atoms with Crippen LogP contribution in [0.3, 0.4) is 0 Å². The van der Waals surface area contributed by atoms with Crippen LogP contribution in [-0.2, 0) is 16.6 Å². The van der Waals surface area contributed by atoms with Crippen molar-refractivity contribution in [2.75, 3.05) is 31.1 Å². The normalized spacial score (nSPS) is 20.0. The quantitative estimate of drug-likeness (QED) is 0.814. The Morgan fingerprint density at radius 2 is 1.92 bits per heavy atom. The Balaban J connectivity index is 1.60. The maximum absolute atomic E-state index is 12.3. The zero-order valence-electron chi connectivity index (χ0n) is 13.5. The number of piperazine rings is 1. The fourth-order valence-electron chi connectivity index (χ4n) is 3.22. The average Bonchev–Trinajstić information content (AvgIpc) is 3.38. The number of aromatic amines is 1. The Hall–Kier alpha value is -1.94. The Labute approximate surface area is 139 Å². The van der Waals surface area contributed by atoms with Crippen molar-refractivity contribution in [3.63, 3.8) is 0 Å². The first-order chi connectivity index (χ1) is 11.5. The molecule has 10 heteroatoms. The van der Waals surface area contributed by atoms with Crippen molar-refractivity contribution in [1.29, 1.82) is 0 Å². The van der Waals surface area contributed by atoms with E-state index in [2.05, 4.69) is 15.0 Å². The number of fused-ring (bicyclic) bond motifs is 1. The molecular weight excluding hydrogens is 332 g/mol. The van der Waals surface area contributed by atoms with Gasteiger partial charge in [-0.2, -0.15) is 4.31 Å². The second-order valence-corrected chi connectivity index (χ2v) is 8.41. The fraction of sp³-hybridized carbons (Fsp3) is 0.643. The molecule has 1 aliphatic carbocycles. The lowest BCUT2D eigenvalue weighted by atomic mass is 10.3. The van der Waals surface area contributed by atoms with Gasteiger partial charge in [0.2, 0.25) is 10.0 Å². The third-order valence-electron chi connectivity index (χ3n) is 4.70. The van der Waals surface area contributed by atoms with Gasteiger partial charge in [0, 0.05) is 32.7 Å². The zero-order valence-corrected chi connectivity index (χ0v) is 14.3. The van der Waals surface area contributed by atoms with Crippen LogP contribution in [-0.4, -0.2) is 63.7 Å². The Morgan fingerprint density at radius 3 is 2.54 bits per heavy atom. The lowest BCUT2D eigenvalue weighted by Gasteiger charge is -2.34. The van der Waals surface area contributed by atoms with Gasteiger partial charge in [-0.05, 0) is 19.8 Å². The predicted molar refractivity (Wildman–Crippen MR) is 89.6 cm³/mol. The molecule has 1 saturated heterocycles. The number of aromatic nitrogens is 4. The molecule has 3 heterocycles. The number of hydrogen-bond donors (Lipinski definition) is 1. The number of aryl methyl sites for hydroxylation is 1. The monoisotopic (exact) mass is 352 g/mol. The maximum Gasteiger partial charge on any atom is 0.327 e. The van der Waals surface area contributed by atoms with Crippen molar-refractivity contribution in [2.45, 2.75) is 31.6 Å². The van der Waals surface area contributed by atoms with Gasteiger partial charge in [-0.3, -0.25) is 4.57 Å². The standard InChI is InChI=1S/C14H20N6O3S/c1-2-20-13-11(17-14(20)21)12(15-9-16-13)18-5-7-19(8-6-18)24(22,23)10-3-4-10/h9-10H,2-8H2,1H3,(H,17,21). The number of sulfonamides is 1. The highest BCUT2D eigenvalue weighted by Crippen LogP contribution is 2.32. The van der Waals surface area contributed by atoms with E-state index in [0.717, 1.165) is 12.8 Å². The van der Waals surface area contributed by atoms with Crippen molar-refractivity contribution >= 4 is 27.0 Å². The van der Waals surface area contributed by atoms with Crippen molar-refractivity contribution in [3.05, 3.63) is 16.8 Å². The van der Waals surface area contributed by atoms with Crippen LogP contribution >= 0.6 is 0 Å². The van der Waals surface area contributed by atoms with Gasteiger partial charge in [-0.15, -0.1) is 0 Å². The number of hydrogen-bond acceptors (Lipinski definition) is 6. The molecule has 9 nitrogen and oxygen atoms in total. The van der Waals surface area contributed by atoms with E-state index in [4.69, 9.17) is 0 Å². The van der Waals surface area contributed by atoms with Gasteiger partial charge in [-0.25, -0.2) is 23.2 Å². The molecule has 4 rings (SSSR count). The Bertz CT molecular complexity index is 922. The summed E-state index contributed by atoms with van der Waals surface area (Å²) in [5.41, 5.74) is 0.993. The minimum Gasteiger partial charge on any atom is -0.352 e. The van der Waals surface area contributed by atoms with Crippen molar-refractivity contribution in [1.82, 2.24) is 23.8 Å². The summed E-state index contributed by atoms with van der Waals surface area (Å²) in [5.74, 6) is 0.660. The number of imidazole rings is 1. The molecule has 1 N–H and O–H groups in total. The van der Waals surface area contributed by atoms with Crippen LogP contribution in [0.4, 0.5) is 5.82 Å². The van der Waals surface area contributed by atoms with Crippen LogP contribution < -0.4 is 10.6 Å². The summed E-state index contributed by atoms with van der Waals surface area (Å²) in [5, 5.41) is -0.176. The number of rotatable bonds is 4. The molecule has 24 heavy (non-hydrogen) atoms. The molecule has 0 atom stereocenters. The molecule has 0 aromatic carbocycles. The summed E-state index contributed by atoms with van der Waals surface area (Å²) in [6, 6.07) is 0. The van der Waals surface area contributed by atoms with Gasteiger partial charge in [0.1, 0.15) is 11.8 Å². The number of anilines is 1. The Morgan fingerprint density at radius 1 is 1.21 bits per heavy atom. The van der Waals surface area contributed by atoms with Gasteiger partial charge in [-0.1, -0.05) is 0 Å². The third kappa shape index (κ3) is 2.40. The first-order valence-electron chi connectivity index (χ1n) is 8.19. The molecule has 1 aliphatic heterocycles. The van der Waals surface area contributed by atoms with Gasteiger partial charge >= 0.3 is 5.69 Å². The van der Waals surface area contributed by atoms with Gasteiger partial charge in [0.05, 0.1) is 5.25 Å². The summed E-state index contributed by atoms with van der Waals surface area (Å²) < 4.78 is 27.8. The largest absolute Gasteiger partial charge is 0.352 e. The third-order valence-corrected chi connectivity index (χ3v) is 7.10. The summed E-state index contributed by atoms with van der Waals surface area (Å²) in [4.78, 5) is 25.4. The molecule has 130 valence electrons. The van der Waals surface area contributed by atoms with Crippen LogP contribution in [0.15, 0.2) is 11.1 Å². The summed E-state index contributed by atoms with van der Waals surface area (Å²) in [7, 11) is -3.13. The topological polar surface area (TPSA) is 104 Å². The second kappa shape index (κ2) is 5.55.